The zero-order valence-corrected chi connectivity index (χ0v) is 13.5. The molecule has 0 saturated heterocycles. The maximum absolute atomic E-state index is 13.0. The molecule has 122 valence electrons. The third kappa shape index (κ3) is 3.46. The number of carbonyl (C=O) groups is 2. The summed E-state index contributed by atoms with van der Waals surface area (Å²) in [6.45, 7) is 4.05. The van der Waals surface area contributed by atoms with Crippen LogP contribution in [-0.2, 0) is 16.0 Å². The summed E-state index contributed by atoms with van der Waals surface area (Å²) in [6, 6.07) is 7.97. The molecule has 3 rings (SSSR count). The highest BCUT2D eigenvalue weighted by molar-refractivity contribution is 5.96. The third-order valence-corrected chi connectivity index (χ3v) is 4.90. The number of hydrogen-bond donors (Lipinski definition) is 1. The van der Waals surface area contributed by atoms with Gasteiger partial charge in [-0.1, -0.05) is 44.0 Å². The van der Waals surface area contributed by atoms with Crippen molar-refractivity contribution >= 4 is 17.5 Å². The van der Waals surface area contributed by atoms with E-state index < -0.39 is 0 Å². The number of carbonyl (C=O) groups excluding carboxylic acids is 2. The second kappa shape index (κ2) is 6.99. The highest BCUT2D eigenvalue weighted by Gasteiger charge is 2.33. The van der Waals surface area contributed by atoms with Crippen molar-refractivity contribution in [3.63, 3.8) is 0 Å². The Morgan fingerprint density at radius 1 is 1.17 bits per heavy atom. The Morgan fingerprint density at radius 3 is 2.65 bits per heavy atom. The summed E-state index contributed by atoms with van der Waals surface area (Å²) >= 11 is 0. The number of nitrogens with zero attached hydrogens (tertiary/aromatic N) is 1. The van der Waals surface area contributed by atoms with Gasteiger partial charge in [0.1, 0.15) is 0 Å². The van der Waals surface area contributed by atoms with Gasteiger partial charge in [-0.05, 0) is 37.0 Å². The minimum atomic E-state index is -0.181. The van der Waals surface area contributed by atoms with E-state index in [-0.39, 0.29) is 23.8 Å². The van der Waals surface area contributed by atoms with Gasteiger partial charge in [0.2, 0.25) is 11.8 Å². The van der Waals surface area contributed by atoms with Crippen molar-refractivity contribution in [1.29, 1.82) is 0 Å². The summed E-state index contributed by atoms with van der Waals surface area (Å²) < 4.78 is 0. The maximum atomic E-state index is 13.0. The number of nitrogens with one attached hydrogen (secondary N) is 1. The number of rotatable bonds is 3. The number of amides is 2. The van der Waals surface area contributed by atoms with Gasteiger partial charge in [-0.15, -0.1) is 0 Å². The maximum Gasteiger partial charge on any atom is 0.243 e. The molecule has 1 aromatic rings. The van der Waals surface area contributed by atoms with E-state index in [9.17, 15) is 9.59 Å². The molecule has 1 aromatic carbocycles. The summed E-state index contributed by atoms with van der Waals surface area (Å²) in [4.78, 5) is 26.5. The first-order valence-corrected chi connectivity index (χ1v) is 8.51. The monoisotopic (exact) mass is 312 g/mol. The molecule has 0 spiro atoms. The Morgan fingerprint density at radius 2 is 1.91 bits per heavy atom. The van der Waals surface area contributed by atoms with E-state index in [0.29, 0.717) is 6.54 Å². The SMILES string of the molecule is C=CC(=O)NC1Cc2ccccc2N(C(=O)C2CCCCC2)C1. The van der Waals surface area contributed by atoms with Crippen molar-refractivity contribution in [3.8, 4) is 0 Å². The molecule has 1 heterocycles. The van der Waals surface area contributed by atoms with Crippen molar-refractivity contribution in [2.75, 3.05) is 11.4 Å². The minimum absolute atomic E-state index is 0.0528. The number of hydrogen-bond acceptors (Lipinski definition) is 2. The lowest BCUT2D eigenvalue weighted by Crippen LogP contribution is -2.51. The van der Waals surface area contributed by atoms with Crippen molar-refractivity contribution in [2.45, 2.75) is 44.6 Å². The zero-order chi connectivity index (χ0) is 16.2. The van der Waals surface area contributed by atoms with Crippen molar-refractivity contribution in [2.24, 2.45) is 5.92 Å². The average molecular weight is 312 g/mol. The van der Waals surface area contributed by atoms with Gasteiger partial charge in [0.15, 0.2) is 0 Å². The van der Waals surface area contributed by atoms with Crippen molar-refractivity contribution < 1.29 is 9.59 Å². The molecular formula is C19H24N2O2. The summed E-state index contributed by atoms with van der Waals surface area (Å²) in [5, 5.41) is 2.95. The lowest BCUT2D eigenvalue weighted by Gasteiger charge is -2.37. The number of benzene rings is 1. The van der Waals surface area contributed by atoms with Crippen LogP contribution in [0.5, 0.6) is 0 Å². The van der Waals surface area contributed by atoms with Crippen LogP contribution >= 0.6 is 0 Å². The van der Waals surface area contributed by atoms with Crippen LogP contribution in [0.25, 0.3) is 0 Å². The summed E-state index contributed by atoms with van der Waals surface area (Å²) in [5.74, 6) is 0.166. The van der Waals surface area contributed by atoms with Crippen LogP contribution in [0.15, 0.2) is 36.9 Å². The lowest BCUT2D eigenvalue weighted by molar-refractivity contribution is -0.124. The first kappa shape index (κ1) is 15.8. The highest BCUT2D eigenvalue weighted by Crippen LogP contribution is 2.32. The number of fused-ring (bicyclic) bond motifs is 1. The van der Waals surface area contributed by atoms with Crippen LogP contribution in [0, 0.1) is 5.92 Å². The third-order valence-electron chi connectivity index (χ3n) is 4.90. The molecule has 1 aliphatic carbocycles. The Hall–Kier alpha value is -2.10. The van der Waals surface area contributed by atoms with Gasteiger partial charge in [-0.25, -0.2) is 0 Å². The number of para-hydroxylation sites is 1. The van der Waals surface area contributed by atoms with Crippen molar-refractivity contribution in [3.05, 3.63) is 42.5 Å². The minimum Gasteiger partial charge on any atom is -0.348 e. The van der Waals surface area contributed by atoms with E-state index in [1.807, 2.05) is 29.2 Å². The predicted octanol–water partition coefficient (Wildman–Crippen LogP) is 2.83. The largest absolute Gasteiger partial charge is 0.348 e. The standard InChI is InChI=1S/C19H24N2O2/c1-2-18(22)20-16-12-15-10-6-7-11-17(15)21(13-16)19(23)14-8-4-3-5-9-14/h2,6-7,10-11,14,16H,1,3-5,8-9,12-13H2,(H,20,22). The molecule has 0 radical (unpaired) electrons. The van der Waals surface area contributed by atoms with Crippen LogP contribution in [-0.4, -0.2) is 24.4 Å². The second-order valence-electron chi connectivity index (χ2n) is 6.53. The van der Waals surface area contributed by atoms with Gasteiger partial charge in [0.05, 0.1) is 6.04 Å². The molecule has 23 heavy (non-hydrogen) atoms. The summed E-state index contributed by atoms with van der Waals surface area (Å²) in [5.41, 5.74) is 2.13. The van der Waals surface area contributed by atoms with Crippen LogP contribution in [0.4, 0.5) is 5.69 Å². The van der Waals surface area contributed by atoms with Gasteiger partial charge in [-0.3, -0.25) is 9.59 Å². The number of anilines is 1. The first-order valence-electron chi connectivity index (χ1n) is 8.51. The topological polar surface area (TPSA) is 49.4 Å². The van der Waals surface area contributed by atoms with Crippen LogP contribution in [0.3, 0.4) is 0 Å². The zero-order valence-electron chi connectivity index (χ0n) is 13.5. The van der Waals surface area contributed by atoms with E-state index in [1.165, 1.54) is 12.5 Å². The molecule has 1 atom stereocenters. The Balaban J connectivity index is 1.83. The fraction of sp³-hybridized carbons (Fsp3) is 0.474. The molecule has 0 aromatic heterocycles. The van der Waals surface area contributed by atoms with Crippen LogP contribution < -0.4 is 10.2 Å². The Bertz CT molecular complexity index is 605. The lowest BCUT2D eigenvalue weighted by atomic mass is 9.87. The summed E-state index contributed by atoms with van der Waals surface area (Å²) in [7, 11) is 0. The molecule has 1 fully saturated rings. The smallest absolute Gasteiger partial charge is 0.243 e. The predicted molar refractivity (Wildman–Crippen MR) is 91.2 cm³/mol. The first-order chi connectivity index (χ1) is 11.2. The molecular weight excluding hydrogens is 288 g/mol. The Labute approximate surface area is 137 Å². The Kier molecular flexibility index (Phi) is 4.79. The molecule has 1 saturated carbocycles. The van der Waals surface area contributed by atoms with E-state index in [1.54, 1.807) is 0 Å². The van der Waals surface area contributed by atoms with Crippen LogP contribution in [0.1, 0.15) is 37.7 Å². The quantitative estimate of drug-likeness (QED) is 0.873. The van der Waals surface area contributed by atoms with Gasteiger partial charge in [-0.2, -0.15) is 0 Å². The van der Waals surface area contributed by atoms with Crippen LogP contribution in [0.2, 0.25) is 0 Å². The van der Waals surface area contributed by atoms with Gasteiger partial charge in [0.25, 0.3) is 0 Å². The van der Waals surface area contributed by atoms with E-state index in [0.717, 1.165) is 43.4 Å². The molecule has 2 aliphatic rings. The van der Waals surface area contributed by atoms with Gasteiger partial charge < -0.3 is 10.2 Å². The fourth-order valence-corrected chi connectivity index (χ4v) is 3.73. The highest BCUT2D eigenvalue weighted by atomic mass is 16.2. The van der Waals surface area contributed by atoms with Crippen molar-refractivity contribution in [1.82, 2.24) is 5.32 Å². The molecule has 1 aliphatic heterocycles. The second-order valence-corrected chi connectivity index (χ2v) is 6.53. The van der Waals surface area contributed by atoms with E-state index >= 15 is 0 Å². The molecule has 4 heteroatoms. The average Bonchev–Trinajstić information content (AvgIpc) is 2.61. The van der Waals surface area contributed by atoms with E-state index in [4.69, 9.17) is 0 Å². The molecule has 2 amide bonds. The van der Waals surface area contributed by atoms with Gasteiger partial charge in [0, 0.05) is 18.2 Å². The van der Waals surface area contributed by atoms with E-state index in [2.05, 4.69) is 11.9 Å². The normalized spacial score (nSPS) is 21.4. The molecule has 0 bridgehead atoms. The molecule has 1 N–H and O–H groups in total. The van der Waals surface area contributed by atoms with Gasteiger partial charge >= 0.3 is 0 Å². The fourth-order valence-electron chi connectivity index (χ4n) is 3.73. The summed E-state index contributed by atoms with van der Waals surface area (Å²) in [6.07, 6.45) is 7.53. The molecule has 1 unspecified atom stereocenters. The molecule has 4 nitrogen and oxygen atoms in total.